The van der Waals surface area contributed by atoms with Crippen molar-refractivity contribution < 1.29 is 9.59 Å². The second kappa shape index (κ2) is 5.11. The fourth-order valence-electron chi connectivity index (χ4n) is 3.81. The number of aryl methyl sites for hydroxylation is 2. The summed E-state index contributed by atoms with van der Waals surface area (Å²) in [6.07, 6.45) is 2.36. The van der Waals surface area contributed by atoms with Crippen molar-refractivity contribution in [1.82, 2.24) is 9.38 Å². The summed E-state index contributed by atoms with van der Waals surface area (Å²) in [6.45, 7) is 3.82. The highest BCUT2D eigenvalue weighted by molar-refractivity contribution is 7.19. The summed E-state index contributed by atoms with van der Waals surface area (Å²) < 4.78 is 1.34. The first-order valence-corrected chi connectivity index (χ1v) is 9.33. The Bertz CT molecular complexity index is 1200. The van der Waals surface area contributed by atoms with Crippen LogP contribution in [-0.2, 0) is 12.8 Å². The number of carbonyl (C=O) groups excluding carboxylic acids is 2. The molecule has 0 atom stereocenters. The number of fused-ring (bicyclic) bond motifs is 4. The molecule has 1 aliphatic heterocycles. The molecule has 0 saturated heterocycles. The van der Waals surface area contributed by atoms with E-state index < -0.39 is 5.91 Å². The second-order valence-electron chi connectivity index (χ2n) is 6.76. The van der Waals surface area contributed by atoms with Crippen LogP contribution in [0.25, 0.3) is 4.96 Å². The van der Waals surface area contributed by atoms with Gasteiger partial charge in [0.2, 0.25) is 0 Å². The smallest absolute Gasteiger partial charge is 0.269 e. The highest BCUT2D eigenvalue weighted by Gasteiger charge is 2.42. The van der Waals surface area contributed by atoms with Gasteiger partial charge in [-0.1, -0.05) is 23.5 Å². The van der Waals surface area contributed by atoms with E-state index in [9.17, 15) is 14.4 Å². The van der Waals surface area contributed by atoms with Gasteiger partial charge in [0.15, 0.2) is 4.96 Å². The maximum absolute atomic E-state index is 13.1. The van der Waals surface area contributed by atoms with E-state index in [1.165, 1.54) is 9.30 Å². The molecule has 7 heteroatoms. The van der Waals surface area contributed by atoms with E-state index in [0.717, 1.165) is 41.0 Å². The monoisotopic (exact) mass is 365 g/mol. The Hall–Kier alpha value is -2.80. The highest BCUT2D eigenvalue weighted by Crippen LogP contribution is 2.35. The van der Waals surface area contributed by atoms with Gasteiger partial charge >= 0.3 is 0 Å². The lowest BCUT2D eigenvalue weighted by Gasteiger charge is -2.18. The molecule has 0 bridgehead atoms. The van der Waals surface area contributed by atoms with Gasteiger partial charge in [-0.3, -0.25) is 14.4 Å². The molecule has 0 spiro atoms. The van der Waals surface area contributed by atoms with Crippen molar-refractivity contribution in [3.8, 4) is 0 Å². The number of rotatable bonds is 1. The molecule has 1 aromatic carbocycles. The van der Waals surface area contributed by atoms with Crippen molar-refractivity contribution in [1.29, 1.82) is 0 Å². The molecule has 3 heterocycles. The Morgan fingerprint density at radius 2 is 1.88 bits per heavy atom. The normalized spacial score (nSPS) is 15.8. The first kappa shape index (κ1) is 15.5. The Morgan fingerprint density at radius 1 is 1.08 bits per heavy atom. The van der Waals surface area contributed by atoms with Crippen molar-refractivity contribution in [2.75, 3.05) is 4.90 Å². The topological polar surface area (TPSA) is 71.8 Å². The molecule has 5 rings (SSSR count). The van der Waals surface area contributed by atoms with Crippen LogP contribution < -0.4 is 10.5 Å². The molecule has 0 saturated carbocycles. The SMILES string of the molecule is Cc1cccc(N2C(=O)c3sc4nc5c(c(=O)n4c3C2=O)CCC5)c1C. The van der Waals surface area contributed by atoms with Gasteiger partial charge in [-0.15, -0.1) is 0 Å². The molecule has 0 radical (unpaired) electrons. The van der Waals surface area contributed by atoms with Crippen molar-refractivity contribution >= 4 is 33.8 Å². The average Bonchev–Trinajstić information content (AvgIpc) is 3.28. The third-order valence-electron chi connectivity index (χ3n) is 5.32. The molecule has 26 heavy (non-hydrogen) atoms. The molecule has 6 nitrogen and oxygen atoms in total. The summed E-state index contributed by atoms with van der Waals surface area (Å²) in [7, 11) is 0. The summed E-state index contributed by atoms with van der Waals surface area (Å²) in [5.74, 6) is -0.833. The molecular weight excluding hydrogens is 350 g/mol. The fraction of sp³-hybridized carbons (Fsp3) is 0.263. The summed E-state index contributed by atoms with van der Waals surface area (Å²) >= 11 is 1.13. The molecule has 2 aromatic heterocycles. The average molecular weight is 365 g/mol. The van der Waals surface area contributed by atoms with Gasteiger partial charge in [0.1, 0.15) is 10.6 Å². The second-order valence-corrected chi connectivity index (χ2v) is 7.74. The predicted molar refractivity (Wildman–Crippen MR) is 98.4 cm³/mol. The molecular formula is C19H15N3O3S. The maximum atomic E-state index is 13.1. The van der Waals surface area contributed by atoms with Gasteiger partial charge in [-0.2, -0.15) is 0 Å². The van der Waals surface area contributed by atoms with Crippen molar-refractivity contribution in [3.05, 3.63) is 61.5 Å². The van der Waals surface area contributed by atoms with Crippen molar-refractivity contribution in [2.45, 2.75) is 33.1 Å². The van der Waals surface area contributed by atoms with Crippen LogP contribution in [0.2, 0.25) is 0 Å². The van der Waals surface area contributed by atoms with Gasteiger partial charge in [-0.05, 0) is 50.3 Å². The predicted octanol–water partition coefficient (Wildman–Crippen LogP) is 2.66. The molecule has 2 aliphatic rings. The quantitative estimate of drug-likeness (QED) is 0.622. The number of imide groups is 1. The van der Waals surface area contributed by atoms with Crippen LogP contribution in [-0.4, -0.2) is 21.2 Å². The van der Waals surface area contributed by atoms with Crippen LogP contribution >= 0.6 is 11.3 Å². The van der Waals surface area contributed by atoms with Crippen molar-refractivity contribution in [2.24, 2.45) is 0 Å². The summed E-state index contributed by atoms with van der Waals surface area (Å²) in [6, 6.07) is 5.52. The largest absolute Gasteiger partial charge is 0.284 e. The standard InChI is InChI=1S/C19H15N3O3S/c1-9-5-3-8-13(10(9)2)21-17(24)14-15(18(21)25)26-19-20-12-7-4-6-11(12)16(23)22(14)19/h3,5,8H,4,6-7H2,1-2H3. The zero-order valence-electron chi connectivity index (χ0n) is 14.3. The van der Waals surface area contributed by atoms with E-state index in [0.29, 0.717) is 27.5 Å². The van der Waals surface area contributed by atoms with E-state index in [1.54, 1.807) is 6.07 Å². The minimum atomic E-state index is -0.452. The molecule has 0 N–H and O–H groups in total. The lowest BCUT2D eigenvalue weighted by Crippen LogP contribution is -2.32. The summed E-state index contributed by atoms with van der Waals surface area (Å²) in [4.78, 5) is 45.5. The molecule has 1 aliphatic carbocycles. The van der Waals surface area contributed by atoms with Crippen molar-refractivity contribution in [3.63, 3.8) is 0 Å². The van der Waals surface area contributed by atoms with Crippen LogP contribution in [0.5, 0.6) is 0 Å². The zero-order chi connectivity index (χ0) is 18.2. The Labute approximate surface area is 152 Å². The van der Waals surface area contributed by atoms with E-state index in [2.05, 4.69) is 4.98 Å². The molecule has 0 unspecified atom stereocenters. The minimum Gasteiger partial charge on any atom is -0.269 e. The number of benzene rings is 1. The van der Waals surface area contributed by atoms with Gasteiger partial charge in [0, 0.05) is 5.56 Å². The molecule has 130 valence electrons. The van der Waals surface area contributed by atoms with E-state index in [-0.39, 0.29) is 17.2 Å². The summed E-state index contributed by atoms with van der Waals surface area (Å²) in [5, 5.41) is 0. The van der Waals surface area contributed by atoms with E-state index in [1.807, 2.05) is 26.0 Å². The van der Waals surface area contributed by atoms with Gasteiger partial charge < -0.3 is 0 Å². The van der Waals surface area contributed by atoms with Crippen LogP contribution in [0.3, 0.4) is 0 Å². The number of nitrogens with zero attached hydrogens (tertiary/aromatic N) is 3. The van der Waals surface area contributed by atoms with E-state index >= 15 is 0 Å². The van der Waals surface area contributed by atoms with Gasteiger partial charge in [0.25, 0.3) is 17.4 Å². The highest BCUT2D eigenvalue weighted by atomic mass is 32.1. The van der Waals surface area contributed by atoms with Gasteiger partial charge in [-0.25, -0.2) is 14.3 Å². The number of anilines is 1. The molecule has 2 amide bonds. The van der Waals surface area contributed by atoms with Crippen LogP contribution in [0.15, 0.2) is 23.0 Å². The van der Waals surface area contributed by atoms with Crippen LogP contribution in [0.4, 0.5) is 5.69 Å². The maximum Gasteiger partial charge on any atom is 0.284 e. The number of hydrogen-bond donors (Lipinski definition) is 0. The number of carbonyl (C=O) groups is 2. The molecule has 0 fully saturated rings. The first-order chi connectivity index (χ1) is 12.5. The third kappa shape index (κ3) is 1.81. The molecule has 3 aromatic rings. The minimum absolute atomic E-state index is 0.156. The lowest BCUT2D eigenvalue weighted by molar-refractivity contribution is 0.0924. The Balaban J connectivity index is 1.76. The van der Waals surface area contributed by atoms with Crippen LogP contribution in [0, 0.1) is 13.8 Å². The Morgan fingerprint density at radius 3 is 2.69 bits per heavy atom. The first-order valence-electron chi connectivity index (χ1n) is 8.51. The van der Waals surface area contributed by atoms with E-state index in [4.69, 9.17) is 0 Å². The number of amides is 2. The fourth-order valence-corrected chi connectivity index (χ4v) is 4.87. The van der Waals surface area contributed by atoms with Crippen LogP contribution in [0.1, 0.15) is 49.0 Å². The number of aromatic nitrogens is 2. The number of hydrogen-bond acceptors (Lipinski definition) is 5. The lowest BCUT2D eigenvalue weighted by atomic mass is 10.1. The Kier molecular flexibility index (Phi) is 3.04. The number of thiazole rings is 1. The third-order valence-corrected chi connectivity index (χ3v) is 6.35. The van der Waals surface area contributed by atoms with Gasteiger partial charge in [0.05, 0.1) is 11.4 Å². The summed E-state index contributed by atoms with van der Waals surface area (Å²) in [5.41, 5.74) is 3.88. The zero-order valence-corrected chi connectivity index (χ0v) is 15.1.